The summed E-state index contributed by atoms with van der Waals surface area (Å²) in [6.45, 7) is 1.26. The van der Waals surface area contributed by atoms with Crippen LogP contribution in [0.25, 0.3) is 0 Å². The van der Waals surface area contributed by atoms with Gasteiger partial charge >= 0.3 is 0 Å². The number of anilines is 1. The Balaban J connectivity index is 1.55. The minimum Gasteiger partial charge on any atom is -0.352 e. The van der Waals surface area contributed by atoms with Crippen LogP contribution in [0.4, 0.5) is 10.1 Å². The van der Waals surface area contributed by atoms with E-state index >= 15 is 0 Å². The number of halogens is 2. The van der Waals surface area contributed by atoms with E-state index in [-0.39, 0.29) is 35.5 Å². The lowest BCUT2D eigenvalue weighted by Gasteiger charge is -2.34. The van der Waals surface area contributed by atoms with Gasteiger partial charge in [-0.1, -0.05) is 84.6 Å². The van der Waals surface area contributed by atoms with E-state index in [1.165, 1.54) is 29.2 Å². The molecule has 0 aliphatic heterocycles. The Bertz CT molecular complexity index is 1730. The van der Waals surface area contributed by atoms with E-state index in [0.29, 0.717) is 5.02 Å². The van der Waals surface area contributed by atoms with E-state index in [2.05, 4.69) is 5.32 Å². The third-order valence-electron chi connectivity index (χ3n) is 8.24. The molecule has 46 heavy (non-hydrogen) atoms. The molecule has 5 rings (SSSR count). The van der Waals surface area contributed by atoms with Gasteiger partial charge in [0, 0.05) is 24.0 Å². The highest BCUT2D eigenvalue weighted by molar-refractivity contribution is 7.92. The molecule has 4 aromatic carbocycles. The van der Waals surface area contributed by atoms with Crippen LogP contribution in [0, 0.1) is 12.7 Å². The Labute approximate surface area is 275 Å². The first-order valence-electron chi connectivity index (χ1n) is 15.3. The molecule has 1 aliphatic carbocycles. The second-order valence-electron chi connectivity index (χ2n) is 11.6. The maximum Gasteiger partial charge on any atom is 0.264 e. The number of sulfonamides is 1. The van der Waals surface area contributed by atoms with Gasteiger partial charge in [0.05, 0.1) is 10.6 Å². The van der Waals surface area contributed by atoms with Crippen molar-refractivity contribution < 1.29 is 22.4 Å². The third-order valence-corrected chi connectivity index (χ3v) is 10.3. The number of carbonyl (C=O) groups excluding carboxylic acids is 2. The van der Waals surface area contributed by atoms with Crippen molar-refractivity contribution in [2.75, 3.05) is 10.8 Å². The molecule has 240 valence electrons. The van der Waals surface area contributed by atoms with Crippen molar-refractivity contribution in [2.24, 2.45) is 0 Å². The predicted molar refractivity (Wildman–Crippen MR) is 178 cm³/mol. The number of hydrogen-bond donors (Lipinski definition) is 1. The van der Waals surface area contributed by atoms with E-state index in [9.17, 15) is 22.4 Å². The maximum absolute atomic E-state index is 14.5. The molecule has 10 heteroatoms. The quantitative estimate of drug-likeness (QED) is 0.184. The SMILES string of the molecule is Cc1ccc(S(=O)(=O)N(CC(=O)N(Cc2ccc(Cl)cc2)C(Cc2ccccc2)C(=O)NC2CCCC2)c2ccc(F)cc2)cc1. The fourth-order valence-corrected chi connectivity index (χ4v) is 7.22. The lowest BCUT2D eigenvalue weighted by Crippen LogP contribution is -2.54. The van der Waals surface area contributed by atoms with Crippen LogP contribution >= 0.6 is 11.6 Å². The molecule has 1 N–H and O–H groups in total. The van der Waals surface area contributed by atoms with Crippen molar-refractivity contribution in [3.63, 3.8) is 0 Å². The molecule has 7 nitrogen and oxygen atoms in total. The van der Waals surface area contributed by atoms with Crippen molar-refractivity contribution in [3.05, 3.63) is 131 Å². The zero-order valence-electron chi connectivity index (χ0n) is 25.6. The fraction of sp³-hybridized carbons (Fsp3) is 0.278. The molecule has 0 saturated heterocycles. The lowest BCUT2D eigenvalue weighted by atomic mass is 10.0. The summed E-state index contributed by atoms with van der Waals surface area (Å²) in [7, 11) is -4.27. The number of nitrogens with one attached hydrogen (secondary N) is 1. The monoisotopic (exact) mass is 661 g/mol. The standard InChI is InChI=1S/C36H37ClFN3O4S/c1-26-11-21-33(22-12-26)46(44,45)41(32-19-17-30(38)18-20-32)25-35(42)40(24-28-13-15-29(37)16-14-28)34(23-27-7-3-2-4-8-27)36(43)39-31-9-5-6-10-31/h2-4,7-8,11-22,31,34H,5-6,9-10,23-25H2,1H3,(H,39,43). The highest BCUT2D eigenvalue weighted by atomic mass is 35.5. The first kappa shape index (κ1) is 33.2. The number of amides is 2. The average molecular weight is 662 g/mol. The van der Waals surface area contributed by atoms with Crippen LogP contribution in [0.5, 0.6) is 0 Å². The Morgan fingerprint density at radius 3 is 2.13 bits per heavy atom. The topological polar surface area (TPSA) is 86.8 Å². The molecule has 0 aromatic heterocycles. The van der Waals surface area contributed by atoms with Gasteiger partial charge in [-0.05, 0) is 79.4 Å². The van der Waals surface area contributed by atoms with Crippen LogP contribution in [0.15, 0.2) is 108 Å². The van der Waals surface area contributed by atoms with Gasteiger partial charge in [-0.3, -0.25) is 13.9 Å². The van der Waals surface area contributed by atoms with Crippen molar-refractivity contribution in [1.82, 2.24) is 10.2 Å². The summed E-state index contributed by atoms with van der Waals surface area (Å²) >= 11 is 6.15. The van der Waals surface area contributed by atoms with E-state index in [1.807, 2.05) is 37.3 Å². The molecule has 4 aromatic rings. The van der Waals surface area contributed by atoms with Gasteiger partial charge in [-0.2, -0.15) is 0 Å². The molecule has 0 radical (unpaired) electrons. The van der Waals surface area contributed by atoms with Crippen molar-refractivity contribution in [1.29, 1.82) is 0 Å². The predicted octanol–water partition coefficient (Wildman–Crippen LogP) is 6.68. The van der Waals surface area contributed by atoms with Crippen molar-refractivity contribution >= 4 is 39.1 Å². The minimum absolute atomic E-state index is 0.0101. The van der Waals surface area contributed by atoms with Gasteiger partial charge in [0.25, 0.3) is 10.0 Å². The number of benzene rings is 4. The number of hydrogen-bond acceptors (Lipinski definition) is 4. The molecule has 0 bridgehead atoms. The summed E-state index contributed by atoms with van der Waals surface area (Å²) in [5.41, 5.74) is 2.57. The van der Waals surface area contributed by atoms with Crippen molar-refractivity contribution in [3.8, 4) is 0 Å². The summed E-state index contributed by atoms with van der Waals surface area (Å²) in [5, 5.41) is 3.68. The Morgan fingerprint density at radius 1 is 0.870 bits per heavy atom. The van der Waals surface area contributed by atoms with Gasteiger partial charge in [-0.25, -0.2) is 12.8 Å². The van der Waals surface area contributed by atoms with Gasteiger partial charge in [-0.15, -0.1) is 0 Å². The van der Waals surface area contributed by atoms with Crippen LogP contribution in [-0.4, -0.2) is 43.8 Å². The summed E-state index contributed by atoms with van der Waals surface area (Å²) in [4.78, 5) is 30.0. The zero-order valence-corrected chi connectivity index (χ0v) is 27.2. The Kier molecular flexibility index (Phi) is 10.8. The fourth-order valence-electron chi connectivity index (χ4n) is 5.68. The van der Waals surface area contributed by atoms with E-state index in [1.54, 1.807) is 36.4 Å². The molecule has 1 fully saturated rings. The van der Waals surface area contributed by atoms with Gasteiger partial charge in [0.2, 0.25) is 11.8 Å². The lowest BCUT2D eigenvalue weighted by molar-refractivity contribution is -0.140. The van der Waals surface area contributed by atoms with E-state index in [0.717, 1.165) is 58.8 Å². The molecule has 2 amide bonds. The first-order chi connectivity index (χ1) is 22.1. The van der Waals surface area contributed by atoms with E-state index < -0.39 is 34.3 Å². The second kappa shape index (κ2) is 14.9. The van der Waals surface area contributed by atoms with Gasteiger partial charge in [0.15, 0.2) is 0 Å². The van der Waals surface area contributed by atoms with Crippen LogP contribution < -0.4 is 9.62 Å². The number of nitrogens with zero attached hydrogens (tertiary/aromatic N) is 2. The Morgan fingerprint density at radius 2 is 1.50 bits per heavy atom. The normalized spacial score (nSPS) is 14.1. The largest absolute Gasteiger partial charge is 0.352 e. The van der Waals surface area contributed by atoms with Crippen LogP contribution in [-0.2, 0) is 32.6 Å². The van der Waals surface area contributed by atoms with Crippen molar-refractivity contribution in [2.45, 2.75) is 62.6 Å². The first-order valence-corrected chi connectivity index (χ1v) is 17.1. The van der Waals surface area contributed by atoms with E-state index in [4.69, 9.17) is 11.6 Å². The van der Waals surface area contributed by atoms with Gasteiger partial charge in [0.1, 0.15) is 18.4 Å². The maximum atomic E-state index is 14.5. The third kappa shape index (κ3) is 8.33. The van der Waals surface area contributed by atoms with Gasteiger partial charge < -0.3 is 10.2 Å². The number of aryl methyl sites for hydroxylation is 1. The molecule has 1 saturated carbocycles. The minimum atomic E-state index is -4.27. The highest BCUT2D eigenvalue weighted by Crippen LogP contribution is 2.26. The number of carbonyl (C=O) groups is 2. The molecule has 0 heterocycles. The highest BCUT2D eigenvalue weighted by Gasteiger charge is 2.35. The molecule has 1 unspecified atom stereocenters. The van der Waals surface area contributed by atoms with Crippen LogP contribution in [0.3, 0.4) is 0 Å². The Hall–Kier alpha value is -4.21. The summed E-state index contributed by atoms with van der Waals surface area (Å²) in [6.07, 6.45) is 3.99. The summed E-state index contributed by atoms with van der Waals surface area (Å²) in [5.74, 6) is -1.43. The molecule has 1 atom stereocenters. The second-order valence-corrected chi connectivity index (χ2v) is 13.9. The van der Waals surface area contributed by atoms with Crippen LogP contribution in [0.2, 0.25) is 5.02 Å². The molecule has 1 aliphatic rings. The smallest absolute Gasteiger partial charge is 0.264 e. The molecular formula is C36H37ClFN3O4S. The summed E-state index contributed by atoms with van der Waals surface area (Å²) < 4.78 is 43.1. The summed E-state index contributed by atoms with van der Waals surface area (Å²) in [6, 6.07) is 26.7. The molecule has 0 spiro atoms. The van der Waals surface area contributed by atoms with Crippen LogP contribution in [0.1, 0.15) is 42.4 Å². The zero-order chi connectivity index (χ0) is 32.7. The molecular weight excluding hydrogens is 625 g/mol. The number of rotatable bonds is 12. The average Bonchev–Trinajstić information content (AvgIpc) is 3.56.